The first-order chi connectivity index (χ1) is 20.0. The van der Waals surface area contributed by atoms with Crippen LogP contribution < -0.4 is 5.32 Å². The average molecular weight is 620 g/mol. The van der Waals surface area contributed by atoms with Gasteiger partial charge in [-0.2, -0.15) is 0 Å². The van der Waals surface area contributed by atoms with Crippen molar-refractivity contribution in [3.8, 4) is 0 Å². The maximum atomic E-state index is 12.7. The van der Waals surface area contributed by atoms with Crippen LogP contribution in [0.25, 0.3) is 0 Å². The second-order valence-electron chi connectivity index (χ2n) is 12.9. The molecule has 42 heavy (non-hydrogen) atoms. The molecule has 8 nitrogen and oxygen atoms in total. The maximum absolute atomic E-state index is 12.7. The minimum Gasteiger partial charge on any atom is -0.387 e. The van der Waals surface area contributed by atoms with E-state index in [-0.39, 0.29) is 19.1 Å². The molecule has 0 heterocycles. The van der Waals surface area contributed by atoms with Crippen LogP contribution >= 0.6 is 7.82 Å². The molecular formula is C33H68N2O6P+. The quantitative estimate of drug-likeness (QED) is 0.0325. The van der Waals surface area contributed by atoms with Crippen LogP contribution in [0.3, 0.4) is 0 Å². The summed E-state index contributed by atoms with van der Waals surface area (Å²) in [5.74, 6) is -0.183. The predicted molar refractivity (Wildman–Crippen MR) is 175 cm³/mol. The number of nitrogens with one attached hydrogen (secondary N) is 1. The fraction of sp³-hybridized carbons (Fsp3) is 0.909. The van der Waals surface area contributed by atoms with Gasteiger partial charge in [0.1, 0.15) is 13.2 Å². The molecule has 250 valence electrons. The van der Waals surface area contributed by atoms with Crippen molar-refractivity contribution in [3.63, 3.8) is 0 Å². The summed E-state index contributed by atoms with van der Waals surface area (Å²) in [6.07, 6.45) is 25.6. The van der Waals surface area contributed by atoms with Gasteiger partial charge >= 0.3 is 7.82 Å². The SMILES string of the molecule is CCCCCCCCCC/C=C\[C@@H](O)[C@H](COP(=O)(O)OCC[N+](C)(C)C)NC(=O)CCCCCCCCCCCC. The molecule has 0 aromatic rings. The number of nitrogens with zero attached hydrogens (tertiary/aromatic N) is 1. The number of hydrogen-bond donors (Lipinski definition) is 3. The van der Waals surface area contributed by atoms with Gasteiger partial charge in [-0.3, -0.25) is 13.8 Å². The maximum Gasteiger partial charge on any atom is 0.472 e. The Morgan fingerprint density at radius 3 is 1.76 bits per heavy atom. The van der Waals surface area contributed by atoms with Crippen LogP contribution in [0.2, 0.25) is 0 Å². The van der Waals surface area contributed by atoms with Gasteiger partial charge in [-0.05, 0) is 19.3 Å². The van der Waals surface area contributed by atoms with Crippen LogP contribution in [-0.2, 0) is 18.4 Å². The van der Waals surface area contributed by atoms with Crippen molar-refractivity contribution in [3.05, 3.63) is 12.2 Å². The highest BCUT2D eigenvalue weighted by molar-refractivity contribution is 7.47. The molecule has 0 saturated carbocycles. The summed E-state index contributed by atoms with van der Waals surface area (Å²) in [7, 11) is 1.57. The molecule has 3 N–H and O–H groups in total. The van der Waals surface area contributed by atoms with Crippen molar-refractivity contribution in [2.24, 2.45) is 0 Å². The molecule has 1 amide bonds. The van der Waals surface area contributed by atoms with Gasteiger partial charge in [-0.15, -0.1) is 0 Å². The first-order valence-electron chi connectivity index (χ1n) is 17.1. The largest absolute Gasteiger partial charge is 0.472 e. The number of quaternary nitrogens is 1. The molecule has 0 aliphatic carbocycles. The van der Waals surface area contributed by atoms with Crippen molar-refractivity contribution >= 4 is 13.7 Å². The number of allylic oxidation sites excluding steroid dienone is 1. The Labute approximate surface area is 259 Å². The summed E-state index contributed by atoms with van der Waals surface area (Å²) in [6.45, 7) is 4.75. The van der Waals surface area contributed by atoms with Crippen molar-refractivity contribution in [2.75, 3.05) is 40.9 Å². The highest BCUT2D eigenvalue weighted by atomic mass is 31.2. The number of likely N-dealkylation sites (N-methyl/N-ethyl adjacent to an activating group) is 1. The number of phosphoric acid groups is 1. The standard InChI is InChI=1S/C33H67N2O6P/c1-6-8-10-12-14-16-18-20-22-24-26-32(36)31(30-41-42(38,39)40-29-28-35(3,4)5)34-33(37)27-25-23-21-19-17-15-13-11-9-7-2/h24,26,31-32,36H,6-23,25,27-30H2,1-5H3,(H-,34,37,38,39)/p+1/b26-24-/t31-,32+/m0/s1. The van der Waals surface area contributed by atoms with Gasteiger partial charge in [0.25, 0.3) is 0 Å². The number of unbranched alkanes of at least 4 members (excludes halogenated alkanes) is 17. The van der Waals surface area contributed by atoms with Crippen molar-refractivity contribution < 1.29 is 32.9 Å². The number of phosphoric ester groups is 1. The van der Waals surface area contributed by atoms with Gasteiger partial charge in [0.05, 0.1) is 39.9 Å². The van der Waals surface area contributed by atoms with Crippen LogP contribution in [0.4, 0.5) is 0 Å². The van der Waals surface area contributed by atoms with Crippen LogP contribution in [0.1, 0.15) is 142 Å². The Morgan fingerprint density at radius 2 is 1.26 bits per heavy atom. The summed E-state index contributed by atoms with van der Waals surface area (Å²) < 4.78 is 23.3. The highest BCUT2D eigenvalue weighted by Gasteiger charge is 2.27. The highest BCUT2D eigenvalue weighted by Crippen LogP contribution is 2.43. The van der Waals surface area contributed by atoms with Gasteiger partial charge < -0.3 is 19.8 Å². The first-order valence-corrected chi connectivity index (χ1v) is 18.6. The molecule has 0 radical (unpaired) electrons. The number of amides is 1. The lowest BCUT2D eigenvalue weighted by Crippen LogP contribution is -2.45. The van der Waals surface area contributed by atoms with Gasteiger partial charge in [-0.25, -0.2) is 4.57 Å². The van der Waals surface area contributed by atoms with E-state index in [1.807, 2.05) is 27.2 Å². The summed E-state index contributed by atoms with van der Waals surface area (Å²) in [5, 5.41) is 13.6. The van der Waals surface area contributed by atoms with Crippen molar-refractivity contribution in [1.82, 2.24) is 5.32 Å². The Kier molecular flexibility index (Phi) is 26.1. The van der Waals surface area contributed by atoms with E-state index >= 15 is 0 Å². The Balaban J connectivity index is 4.62. The van der Waals surface area contributed by atoms with Crippen molar-refractivity contribution in [1.29, 1.82) is 0 Å². The number of carbonyl (C=O) groups excluding carboxylic acids is 1. The van der Waals surface area contributed by atoms with E-state index in [1.165, 1.54) is 83.5 Å². The van der Waals surface area contributed by atoms with Gasteiger partial charge in [-0.1, -0.05) is 129 Å². The topological polar surface area (TPSA) is 105 Å². The lowest BCUT2D eigenvalue weighted by molar-refractivity contribution is -0.870. The van der Waals surface area contributed by atoms with Crippen LogP contribution in [0, 0.1) is 0 Å². The molecule has 0 bridgehead atoms. The van der Waals surface area contributed by atoms with Crippen LogP contribution in [-0.4, -0.2) is 73.4 Å². The number of rotatable bonds is 30. The third-order valence-corrected chi connectivity index (χ3v) is 8.49. The van der Waals surface area contributed by atoms with Crippen LogP contribution in [0.5, 0.6) is 0 Å². The van der Waals surface area contributed by atoms with E-state index in [0.717, 1.165) is 38.5 Å². The Bertz CT molecular complexity index is 713. The van der Waals surface area contributed by atoms with E-state index in [9.17, 15) is 19.4 Å². The minimum absolute atomic E-state index is 0.0636. The molecule has 0 rings (SSSR count). The second kappa shape index (κ2) is 26.6. The minimum atomic E-state index is -4.31. The zero-order valence-electron chi connectivity index (χ0n) is 28.0. The van der Waals surface area contributed by atoms with Gasteiger partial charge in [0.15, 0.2) is 0 Å². The summed E-state index contributed by atoms with van der Waals surface area (Å²) >= 11 is 0. The molecule has 3 atom stereocenters. The molecule has 0 spiro atoms. The first kappa shape index (κ1) is 41.2. The molecule has 1 unspecified atom stereocenters. The van der Waals surface area contributed by atoms with E-state index < -0.39 is 20.0 Å². The molecule has 0 aliphatic heterocycles. The normalized spacial score (nSPS) is 15.1. The van der Waals surface area contributed by atoms with Crippen molar-refractivity contribution in [2.45, 2.75) is 154 Å². The Hall–Kier alpha value is -0.760. The summed E-state index contributed by atoms with van der Waals surface area (Å²) in [4.78, 5) is 22.8. The monoisotopic (exact) mass is 619 g/mol. The molecule has 0 aromatic carbocycles. The smallest absolute Gasteiger partial charge is 0.387 e. The third kappa shape index (κ3) is 28.0. The molecule has 0 saturated heterocycles. The predicted octanol–water partition coefficient (Wildman–Crippen LogP) is 8.07. The van der Waals surface area contributed by atoms with E-state index in [2.05, 4.69) is 19.2 Å². The fourth-order valence-corrected chi connectivity index (χ4v) is 5.42. The van der Waals surface area contributed by atoms with Gasteiger partial charge in [0.2, 0.25) is 5.91 Å². The second-order valence-corrected chi connectivity index (χ2v) is 14.4. The Morgan fingerprint density at radius 1 is 0.786 bits per heavy atom. The zero-order valence-corrected chi connectivity index (χ0v) is 28.9. The zero-order chi connectivity index (χ0) is 31.5. The molecule has 9 heteroatoms. The van der Waals surface area contributed by atoms with E-state index in [4.69, 9.17) is 9.05 Å². The number of aliphatic hydroxyl groups is 1. The lowest BCUT2D eigenvalue weighted by atomic mass is 10.1. The number of aliphatic hydroxyl groups excluding tert-OH is 1. The number of hydrogen-bond acceptors (Lipinski definition) is 5. The molecule has 0 aliphatic rings. The summed E-state index contributed by atoms with van der Waals surface area (Å²) in [6, 6.07) is -0.835. The number of carbonyl (C=O) groups is 1. The fourth-order valence-electron chi connectivity index (χ4n) is 4.69. The molecular weight excluding hydrogens is 551 g/mol. The average Bonchev–Trinajstić information content (AvgIpc) is 2.92. The molecule has 0 fully saturated rings. The van der Waals surface area contributed by atoms with Gasteiger partial charge in [0, 0.05) is 6.42 Å². The molecule has 0 aromatic heterocycles. The van der Waals surface area contributed by atoms with E-state index in [0.29, 0.717) is 17.4 Å². The third-order valence-electron chi connectivity index (χ3n) is 7.51. The van der Waals surface area contributed by atoms with E-state index in [1.54, 1.807) is 6.08 Å². The lowest BCUT2D eigenvalue weighted by Gasteiger charge is -2.25. The van der Waals surface area contributed by atoms with Crippen LogP contribution in [0.15, 0.2) is 12.2 Å². The summed E-state index contributed by atoms with van der Waals surface area (Å²) in [5.41, 5.74) is 0.